The number of aryl methyl sites for hydroxylation is 1. The molecule has 0 aliphatic carbocycles. The van der Waals surface area contributed by atoms with Gasteiger partial charge in [-0.3, -0.25) is 4.90 Å². The van der Waals surface area contributed by atoms with Crippen molar-refractivity contribution < 1.29 is 17.7 Å². The Bertz CT molecular complexity index is 362. The highest BCUT2D eigenvalue weighted by molar-refractivity contribution is 5.04. The number of nitrogens with two attached hydrogens (primary N) is 1. The van der Waals surface area contributed by atoms with E-state index in [0.717, 1.165) is 4.90 Å². The molecular weight excluding hydrogens is 235 g/mol. The van der Waals surface area contributed by atoms with Gasteiger partial charge in [-0.1, -0.05) is 5.16 Å². The van der Waals surface area contributed by atoms with Gasteiger partial charge >= 0.3 is 6.18 Å². The van der Waals surface area contributed by atoms with Crippen LogP contribution in [0.2, 0.25) is 0 Å². The Morgan fingerprint density at radius 3 is 2.47 bits per heavy atom. The molecule has 0 amide bonds. The molecule has 0 spiro atoms. The molecule has 0 saturated heterocycles. The van der Waals surface area contributed by atoms with Crippen LogP contribution < -0.4 is 5.73 Å². The van der Waals surface area contributed by atoms with Crippen LogP contribution in [-0.2, 0) is 6.54 Å². The number of aromatic nitrogens is 1. The molecule has 0 bridgehead atoms. The molecule has 0 fully saturated rings. The van der Waals surface area contributed by atoms with E-state index < -0.39 is 18.3 Å². The number of hydrogen-bond acceptors (Lipinski definition) is 4. The van der Waals surface area contributed by atoms with Crippen molar-refractivity contribution in [1.82, 2.24) is 10.1 Å². The van der Waals surface area contributed by atoms with Crippen molar-refractivity contribution in [3.63, 3.8) is 0 Å². The molecule has 2 unspecified atom stereocenters. The summed E-state index contributed by atoms with van der Waals surface area (Å²) in [4.78, 5) is 1.13. The average Bonchev–Trinajstić information content (AvgIpc) is 2.46. The van der Waals surface area contributed by atoms with Crippen LogP contribution in [0.4, 0.5) is 13.2 Å². The van der Waals surface area contributed by atoms with Gasteiger partial charge in [0.1, 0.15) is 11.8 Å². The highest BCUT2D eigenvalue weighted by Crippen LogP contribution is 2.26. The molecular formula is C10H16F3N3O. The molecule has 7 heteroatoms. The van der Waals surface area contributed by atoms with Gasteiger partial charge in [0, 0.05) is 18.7 Å². The SMILES string of the molecule is Cc1cc(CN(C)C(C(C)N)C(F)(F)F)no1. The van der Waals surface area contributed by atoms with Crippen molar-refractivity contribution in [3.05, 3.63) is 17.5 Å². The molecule has 98 valence electrons. The van der Waals surface area contributed by atoms with Crippen LogP contribution in [0.3, 0.4) is 0 Å². The predicted molar refractivity (Wildman–Crippen MR) is 56.2 cm³/mol. The van der Waals surface area contributed by atoms with E-state index in [1.54, 1.807) is 13.0 Å². The minimum absolute atomic E-state index is 0.0447. The lowest BCUT2D eigenvalue weighted by molar-refractivity contribution is -0.186. The topological polar surface area (TPSA) is 55.3 Å². The summed E-state index contributed by atoms with van der Waals surface area (Å²) in [6.07, 6.45) is -4.36. The lowest BCUT2D eigenvalue weighted by Gasteiger charge is -2.31. The smallest absolute Gasteiger partial charge is 0.361 e. The zero-order valence-electron chi connectivity index (χ0n) is 9.95. The van der Waals surface area contributed by atoms with Crippen LogP contribution in [0.1, 0.15) is 18.4 Å². The summed E-state index contributed by atoms with van der Waals surface area (Å²) >= 11 is 0. The molecule has 0 saturated carbocycles. The Balaban J connectivity index is 2.76. The second kappa shape index (κ2) is 5.05. The monoisotopic (exact) mass is 251 g/mol. The number of rotatable bonds is 4. The molecule has 2 atom stereocenters. The summed E-state index contributed by atoms with van der Waals surface area (Å²) in [5.41, 5.74) is 5.84. The van der Waals surface area contributed by atoms with Gasteiger partial charge in [-0.2, -0.15) is 13.2 Å². The summed E-state index contributed by atoms with van der Waals surface area (Å²) in [5, 5.41) is 3.65. The summed E-state index contributed by atoms with van der Waals surface area (Å²) in [7, 11) is 1.37. The zero-order valence-corrected chi connectivity index (χ0v) is 9.95. The fourth-order valence-corrected chi connectivity index (χ4v) is 1.80. The maximum atomic E-state index is 12.8. The van der Waals surface area contributed by atoms with Crippen LogP contribution in [0.25, 0.3) is 0 Å². The fourth-order valence-electron chi connectivity index (χ4n) is 1.80. The molecule has 0 radical (unpaired) electrons. The van der Waals surface area contributed by atoms with Gasteiger partial charge in [0.05, 0.1) is 5.69 Å². The molecule has 4 nitrogen and oxygen atoms in total. The fraction of sp³-hybridized carbons (Fsp3) is 0.700. The zero-order chi connectivity index (χ0) is 13.2. The van der Waals surface area contributed by atoms with Gasteiger partial charge in [-0.05, 0) is 20.9 Å². The van der Waals surface area contributed by atoms with E-state index in [0.29, 0.717) is 11.5 Å². The first-order chi connectivity index (χ1) is 7.71. The van der Waals surface area contributed by atoms with Crippen molar-refractivity contribution >= 4 is 0 Å². The highest BCUT2D eigenvalue weighted by Gasteiger charge is 2.44. The summed E-state index contributed by atoms with van der Waals surface area (Å²) in [6, 6.07) is -1.10. The minimum Gasteiger partial charge on any atom is -0.361 e. The van der Waals surface area contributed by atoms with Gasteiger partial charge in [-0.15, -0.1) is 0 Å². The first-order valence-electron chi connectivity index (χ1n) is 5.16. The van der Waals surface area contributed by atoms with E-state index in [-0.39, 0.29) is 6.54 Å². The lowest BCUT2D eigenvalue weighted by Crippen LogP contribution is -2.53. The third-order valence-corrected chi connectivity index (χ3v) is 2.40. The Labute approximate surface area is 97.5 Å². The molecule has 0 aliphatic heterocycles. The number of halogens is 3. The van der Waals surface area contributed by atoms with Gasteiger partial charge in [0.2, 0.25) is 0 Å². The predicted octanol–water partition coefficient (Wildman–Crippen LogP) is 1.69. The molecule has 1 aromatic rings. The van der Waals surface area contributed by atoms with Crippen LogP contribution in [0, 0.1) is 6.92 Å². The Hall–Kier alpha value is -1.08. The normalized spacial score (nSPS) is 16.2. The third kappa shape index (κ3) is 3.71. The van der Waals surface area contributed by atoms with Crippen molar-refractivity contribution in [2.75, 3.05) is 7.05 Å². The lowest BCUT2D eigenvalue weighted by atomic mass is 10.1. The summed E-state index contributed by atoms with van der Waals surface area (Å²) < 4.78 is 43.1. The van der Waals surface area contributed by atoms with E-state index in [2.05, 4.69) is 5.16 Å². The first-order valence-corrected chi connectivity index (χ1v) is 5.16. The molecule has 0 aliphatic rings. The van der Waals surface area contributed by atoms with Crippen molar-refractivity contribution in [2.45, 2.75) is 38.7 Å². The Morgan fingerprint density at radius 2 is 2.12 bits per heavy atom. The van der Waals surface area contributed by atoms with Crippen LogP contribution in [0.15, 0.2) is 10.6 Å². The second-order valence-electron chi connectivity index (χ2n) is 4.19. The van der Waals surface area contributed by atoms with E-state index in [9.17, 15) is 13.2 Å². The van der Waals surface area contributed by atoms with Crippen molar-refractivity contribution in [1.29, 1.82) is 0 Å². The largest absolute Gasteiger partial charge is 0.405 e. The molecule has 1 rings (SSSR count). The number of likely N-dealkylation sites (N-methyl/N-ethyl adjacent to an activating group) is 1. The van der Waals surface area contributed by atoms with Gasteiger partial charge in [0.15, 0.2) is 0 Å². The summed E-state index contributed by atoms with van der Waals surface area (Å²) in [6.45, 7) is 3.06. The van der Waals surface area contributed by atoms with Crippen LogP contribution >= 0.6 is 0 Å². The number of alkyl halides is 3. The Kier molecular flexibility index (Phi) is 4.16. The summed E-state index contributed by atoms with van der Waals surface area (Å²) in [5.74, 6) is 0.567. The number of hydrogen-bond donors (Lipinski definition) is 1. The van der Waals surface area contributed by atoms with Crippen LogP contribution in [0.5, 0.6) is 0 Å². The average molecular weight is 251 g/mol. The van der Waals surface area contributed by atoms with E-state index in [1.165, 1.54) is 14.0 Å². The van der Waals surface area contributed by atoms with Crippen molar-refractivity contribution in [3.8, 4) is 0 Å². The first kappa shape index (κ1) is 14.0. The standard InChI is InChI=1S/C10H16F3N3O/c1-6-4-8(15-17-6)5-16(3)9(7(2)14)10(11,12)13/h4,7,9H,5,14H2,1-3H3. The molecule has 1 aromatic heterocycles. The van der Waals surface area contributed by atoms with E-state index in [4.69, 9.17) is 10.3 Å². The molecule has 1 heterocycles. The van der Waals surface area contributed by atoms with Gasteiger partial charge < -0.3 is 10.3 Å². The maximum Gasteiger partial charge on any atom is 0.405 e. The Morgan fingerprint density at radius 1 is 1.53 bits per heavy atom. The minimum atomic E-state index is -4.36. The third-order valence-electron chi connectivity index (χ3n) is 2.40. The van der Waals surface area contributed by atoms with Gasteiger partial charge in [0.25, 0.3) is 0 Å². The highest BCUT2D eigenvalue weighted by atomic mass is 19.4. The second-order valence-corrected chi connectivity index (χ2v) is 4.19. The molecule has 17 heavy (non-hydrogen) atoms. The number of nitrogens with zero attached hydrogens (tertiary/aromatic N) is 2. The molecule has 0 aromatic carbocycles. The van der Waals surface area contributed by atoms with Crippen LogP contribution in [-0.4, -0.2) is 35.4 Å². The van der Waals surface area contributed by atoms with Gasteiger partial charge in [-0.25, -0.2) is 0 Å². The molecule has 2 N–H and O–H groups in total. The maximum absolute atomic E-state index is 12.8. The van der Waals surface area contributed by atoms with E-state index >= 15 is 0 Å². The van der Waals surface area contributed by atoms with Crippen molar-refractivity contribution in [2.24, 2.45) is 5.73 Å². The van der Waals surface area contributed by atoms with E-state index in [1.807, 2.05) is 0 Å². The quantitative estimate of drug-likeness (QED) is 0.884.